The van der Waals surface area contributed by atoms with Gasteiger partial charge in [0.05, 0.1) is 22.0 Å². The molecule has 2 atom stereocenters. The maximum Gasteiger partial charge on any atom is 0.338 e. The number of non-ortho nitro benzene ring substituents is 1. The Morgan fingerprint density at radius 1 is 0.952 bits per heavy atom. The molecule has 42 heavy (non-hydrogen) atoms. The summed E-state index contributed by atoms with van der Waals surface area (Å²) in [6, 6.07) is 16.1. The topological polar surface area (TPSA) is 137 Å². The minimum absolute atomic E-state index is 0.0527. The number of ether oxygens (including phenoxy) is 2. The van der Waals surface area contributed by atoms with Crippen molar-refractivity contribution < 1.29 is 24.0 Å². The highest BCUT2D eigenvalue weighted by Gasteiger charge is 2.40. The number of nitrogens with one attached hydrogen (secondary N) is 1. The number of carbonyl (C=O) groups excluding carboxylic acids is 2. The van der Waals surface area contributed by atoms with E-state index in [0.29, 0.717) is 24.2 Å². The van der Waals surface area contributed by atoms with Gasteiger partial charge in [-0.3, -0.25) is 15.0 Å². The lowest BCUT2D eigenvalue weighted by Crippen LogP contribution is -2.42. The van der Waals surface area contributed by atoms with Crippen LogP contribution in [0.25, 0.3) is 0 Å². The summed E-state index contributed by atoms with van der Waals surface area (Å²) < 4.78 is 12.0. The molecule has 1 aliphatic carbocycles. The van der Waals surface area contributed by atoms with Gasteiger partial charge in [-0.1, -0.05) is 48.9 Å². The second-order valence-corrected chi connectivity index (χ2v) is 11.3. The molecule has 5 rings (SSSR count). The van der Waals surface area contributed by atoms with Crippen molar-refractivity contribution in [2.75, 3.05) is 13.1 Å². The lowest BCUT2D eigenvalue weighted by molar-refractivity contribution is -0.384. The number of esters is 2. The van der Waals surface area contributed by atoms with Gasteiger partial charge in [0.2, 0.25) is 0 Å². The van der Waals surface area contributed by atoms with Crippen LogP contribution in [0.3, 0.4) is 0 Å². The monoisotopic (exact) mass is 574 g/mol. The molecule has 2 heterocycles. The molecule has 10 heteroatoms. The van der Waals surface area contributed by atoms with Crippen molar-refractivity contribution in [1.82, 2.24) is 10.2 Å². The van der Waals surface area contributed by atoms with Gasteiger partial charge in [0.15, 0.2) is 0 Å². The summed E-state index contributed by atoms with van der Waals surface area (Å²) in [7, 11) is 0. The average molecular weight is 575 g/mol. The van der Waals surface area contributed by atoms with Crippen molar-refractivity contribution in [2.24, 2.45) is 5.73 Å². The summed E-state index contributed by atoms with van der Waals surface area (Å²) >= 11 is 0. The normalized spacial score (nSPS) is 21.9. The highest BCUT2D eigenvalue weighted by molar-refractivity contribution is 6.00. The first-order valence-electron chi connectivity index (χ1n) is 14.7. The van der Waals surface area contributed by atoms with Crippen LogP contribution in [0.4, 0.5) is 5.69 Å². The summed E-state index contributed by atoms with van der Waals surface area (Å²) in [6.07, 6.45) is 5.61. The number of nitro groups is 1. The fourth-order valence-electron chi connectivity index (χ4n) is 6.21. The van der Waals surface area contributed by atoms with Crippen LogP contribution >= 0.6 is 0 Å². The quantitative estimate of drug-likeness (QED) is 0.258. The van der Waals surface area contributed by atoms with Gasteiger partial charge in [0.1, 0.15) is 18.0 Å². The zero-order chi connectivity index (χ0) is 29.6. The number of dihydropyridines is 1. The Kier molecular flexibility index (Phi) is 9.22. The molecular formula is C32H38N4O6. The fraction of sp³-hybridized carbons (Fsp3) is 0.438. The number of nitro benzene ring substituents is 1. The van der Waals surface area contributed by atoms with Gasteiger partial charge in [-0.15, -0.1) is 0 Å². The Bertz CT molecular complexity index is 1380. The van der Waals surface area contributed by atoms with Crippen LogP contribution in [0, 0.1) is 10.1 Å². The molecule has 0 amide bonds. The van der Waals surface area contributed by atoms with Crippen LogP contribution in [-0.2, 0) is 25.6 Å². The van der Waals surface area contributed by atoms with Crippen molar-refractivity contribution in [3.8, 4) is 0 Å². The Morgan fingerprint density at radius 3 is 2.38 bits per heavy atom. The van der Waals surface area contributed by atoms with E-state index in [9.17, 15) is 19.7 Å². The molecule has 2 fully saturated rings. The molecule has 3 aliphatic rings. The summed E-state index contributed by atoms with van der Waals surface area (Å²) in [4.78, 5) is 41.0. The standard InChI is InChI=1S/C32H38N4O6/c1-21-27(31(37)41-25-14-6-3-7-15-25)28(23-12-8-13-24(18-23)36(39)40)29(30(33)34-21)32(38)42-26-16-9-17-35(20-26)19-22-10-4-2-5-11-22/h2,4-5,8,10-13,18,25-26,28,34H,3,6-7,9,14-17,19-20,33H2,1H3. The van der Waals surface area contributed by atoms with E-state index in [1.165, 1.54) is 23.8 Å². The molecule has 0 spiro atoms. The molecule has 10 nitrogen and oxygen atoms in total. The maximum atomic E-state index is 13.9. The second kappa shape index (κ2) is 13.2. The van der Waals surface area contributed by atoms with Crippen LogP contribution in [0.15, 0.2) is 77.3 Å². The summed E-state index contributed by atoms with van der Waals surface area (Å²) in [5.41, 5.74) is 8.53. The number of benzene rings is 2. The molecule has 0 radical (unpaired) electrons. The largest absolute Gasteiger partial charge is 0.459 e. The third-order valence-electron chi connectivity index (χ3n) is 8.26. The number of rotatable bonds is 8. The van der Waals surface area contributed by atoms with Crippen molar-refractivity contribution in [3.63, 3.8) is 0 Å². The van der Waals surface area contributed by atoms with Crippen molar-refractivity contribution in [2.45, 2.75) is 76.5 Å². The zero-order valence-corrected chi connectivity index (χ0v) is 23.9. The van der Waals surface area contributed by atoms with Crippen LogP contribution in [0.5, 0.6) is 0 Å². The summed E-state index contributed by atoms with van der Waals surface area (Å²) in [5, 5.41) is 14.6. The predicted octanol–water partition coefficient (Wildman–Crippen LogP) is 4.81. The molecule has 2 unspecified atom stereocenters. The van der Waals surface area contributed by atoms with Gasteiger partial charge >= 0.3 is 11.9 Å². The van der Waals surface area contributed by atoms with E-state index in [4.69, 9.17) is 15.2 Å². The van der Waals surface area contributed by atoms with Crippen molar-refractivity contribution >= 4 is 17.6 Å². The van der Waals surface area contributed by atoms with Gasteiger partial charge < -0.3 is 20.5 Å². The predicted molar refractivity (Wildman–Crippen MR) is 157 cm³/mol. The first-order chi connectivity index (χ1) is 20.3. The number of nitrogens with zero attached hydrogens (tertiary/aromatic N) is 2. The molecule has 2 aromatic carbocycles. The molecule has 1 saturated heterocycles. The van der Waals surface area contributed by atoms with Gasteiger partial charge in [-0.25, -0.2) is 9.59 Å². The van der Waals surface area contributed by atoms with E-state index in [1.54, 1.807) is 13.0 Å². The zero-order valence-electron chi connectivity index (χ0n) is 23.9. The van der Waals surface area contributed by atoms with Gasteiger partial charge in [-0.05, 0) is 63.1 Å². The summed E-state index contributed by atoms with van der Waals surface area (Å²) in [5.74, 6) is -2.15. The molecule has 3 N–H and O–H groups in total. The molecule has 0 bridgehead atoms. The van der Waals surface area contributed by atoms with E-state index in [-0.39, 0.29) is 34.9 Å². The van der Waals surface area contributed by atoms with E-state index < -0.39 is 22.8 Å². The number of hydrogen-bond acceptors (Lipinski definition) is 9. The molecule has 222 valence electrons. The van der Waals surface area contributed by atoms with Crippen LogP contribution in [0.1, 0.15) is 68.9 Å². The highest BCUT2D eigenvalue weighted by atomic mass is 16.6. The first kappa shape index (κ1) is 29.3. The van der Waals surface area contributed by atoms with Crippen LogP contribution in [0.2, 0.25) is 0 Å². The molecule has 2 aliphatic heterocycles. The van der Waals surface area contributed by atoms with Gasteiger partial charge in [0, 0.05) is 30.9 Å². The Balaban J connectivity index is 1.42. The van der Waals surface area contributed by atoms with Crippen LogP contribution in [-0.4, -0.2) is 47.1 Å². The molecule has 2 aromatic rings. The number of carbonyl (C=O) groups is 2. The van der Waals surface area contributed by atoms with Crippen molar-refractivity contribution in [1.29, 1.82) is 0 Å². The minimum Gasteiger partial charge on any atom is -0.459 e. The summed E-state index contributed by atoms with van der Waals surface area (Å²) in [6.45, 7) is 3.90. The molecule has 1 saturated carbocycles. The van der Waals surface area contributed by atoms with E-state index in [2.05, 4.69) is 22.3 Å². The number of nitrogens with two attached hydrogens (primary N) is 1. The van der Waals surface area contributed by atoms with Crippen molar-refractivity contribution in [3.05, 3.63) is 98.5 Å². The minimum atomic E-state index is -0.987. The van der Waals surface area contributed by atoms with E-state index in [0.717, 1.165) is 51.6 Å². The fourth-order valence-corrected chi connectivity index (χ4v) is 6.21. The molecule has 0 aromatic heterocycles. The first-order valence-corrected chi connectivity index (χ1v) is 14.7. The smallest absolute Gasteiger partial charge is 0.338 e. The number of piperidine rings is 1. The Morgan fingerprint density at radius 2 is 1.64 bits per heavy atom. The van der Waals surface area contributed by atoms with E-state index >= 15 is 0 Å². The van der Waals surface area contributed by atoms with E-state index in [1.807, 2.05) is 18.2 Å². The second-order valence-electron chi connectivity index (χ2n) is 11.3. The maximum absolute atomic E-state index is 13.9. The number of allylic oxidation sites excluding steroid dienone is 1. The van der Waals surface area contributed by atoms with Crippen LogP contribution < -0.4 is 11.1 Å². The Hall–Kier alpha value is -4.18. The number of likely N-dealkylation sites (tertiary alicyclic amines) is 1. The third kappa shape index (κ3) is 6.82. The lowest BCUT2D eigenvalue weighted by atomic mass is 9.81. The van der Waals surface area contributed by atoms with Gasteiger partial charge in [-0.2, -0.15) is 0 Å². The third-order valence-corrected chi connectivity index (χ3v) is 8.26. The lowest BCUT2D eigenvalue weighted by Gasteiger charge is -2.34. The average Bonchev–Trinajstić information content (AvgIpc) is 2.98. The highest BCUT2D eigenvalue weighted by Crippen LogP contribution is 2.40. The number of hydrogen-bond donors (Lipinski definition) is 2. The van der Waals surface area contributed by atoms with Gasteiger partial charge in [0.25, 0.3) is 5.69 Å². The SMILES string of the molecule is CC1=C(C(=O)OC2CCCCC2)C(c2cccc([N+](=O)[O-])c2)C(C(=O)OC2CCCN(Cc3ccccc3)C2)=C(N)N1. The Labute approximate surface area is 245 Å². The molecular weight excluding hydrogens is 536 g/mol.